The zero-order chi connectivity index (χ0) is 22.1. The van der Waals surface area contributed by atoms with Gasteiger partial charge in [-0.25, -0.2) is 12.8 Å². The number of hydrogen-bond donors (Lipinski definition) is 1. The fraction of sp³-hybridized carbons (Fsp3) is 0.435. The molecule has 2 aromatic rings. The lowest BCUT2D eigenvalue weighted by Gasteiger charge is -2.31. The van der Waals surface area contributed by atoms with Gasteiger partial charge in [-0.2, -0.15) is 4.31 Å². The Morgan fingerprint density at radius 1 is 1.07 bits per heavy atom. The van der Waals surface area contributed by atoms with Crippen LogP contribution in [0, 0.1) is 39.4 Å². The highest BCUT2D eigenvalue weighted by Gasteiger charge is 2.34. The summed E-state index contributed by atoms with van der Waals surface area (Å²) in [6, 6.07) is 8.13. The Morgan fingerprint density at radius 3 is 2.23 bits per heavy atom. The minimum atomic E-state index is -3.62. The molecule has 162 valence electrons. The average molecular weight is 433 g/mol. The number of piperidine rings is 1. The largest absolute Gasteiger partial charge is 0.352 e. The third kappa shape index (κ3) is 4.57. The summed E-state index contributed by atoms with van der Waals surface area (Å²) in [5, 5.41) is 2.84. The van der Waals surface area contributed by atoms with Gasteiger partial charge in [0.05, 0.1) is 4.90 Å². The molecule has 1 saturated heterocycles. The number of hydrogen-bond acceptors (Lipinski definition) is 3. The second-order valence-corrected chi connectivity index (χ2v) is 9.99. The van der Waals surface area contributed by atoms with Crippen molar-refractivity contribution < 1.29 is 17.6 Å². The van der Waals surface area contributed by atoms with E-state index in [9.17, 15) is 17.6 Å². The van der Waals surface area contributed by atoms with Crippen molar-refractivity contribution in [3.63, 3.8) is 0 Å². The van der Waals surface area contributed by atoms with Crippen LogP contribution in [0.3, 0.4) is 0 Å². The number of nitrogens with one attached hydrogen (secondary N) is 1. The van der Waals surface area contributed by atoms with Gasteiger partial charge in [0, 0.05) is 25.6 Å². The molecule has 1 amide bonds. The molecule has 1 heterocycles. The smallest absolute Gasteiger partial charge is 0.243 e. The van der Waals surface area contributed by atoms with Gasteiger partial charge in [0.25, 0.3) is 0 Å². The molecule has 0 bridgehead atoms. The summed E-state index contributed by atoms with van der Waals surface area (Å²) in [4.78, 5) is 12.9. The average Bonchev–Trinajstić information content (AvgIpc) is 2.71. The molecule has 0 saturated carbocycles. The van der Waals surface area contributed by atoms with Crippen LogP contribution in [0.15, 0.2) is 35.2 Å². The number of nitrogens with zero attached hydrogens (tertiary/aromatic N) is 1. The van der Waals surface area contributed by atoms with Crippen LogP contribution in [-0.2, 0) is 21.4 Å². The minimum Gasteiger partial charge on any atom is -0.352 e. The zero-order valence-electron chi connectivity index (χ0n) is 18.0. The Kier molecular flexibility index (Phi) is 6.62. The van der Waals surface area contributed by atoms with Crippen molar-refractivity contribution >= 4 is 15.9 Å². The van der Waals surface area contributed by atoms with Crippen molar-refractivity contribution in [3.8, 4) is 0 Å². The van der Waals surface area contributed by atoms with Crippen molar-refractivity contribution in [1.82, 2.24) is 9.62 Å². The molecule has 1 aliphatic heterocycles. The monoisotopic (exact) mass is 432 g/mol. The van der Waals surface area contributed by atoms with Crippen LogP contribution < -0.4 is 5.32 Å². The molecule has 0 aromatic heterocycles. The maximum Gasteiger partial charge on any atom is 0.243 e. The summed E-state index contributed by atoms with van der Waals surface area (Å²) in [5.74, 6) is -0.696. The van der Waals surface area contributed by atoms with E-state index in [0.29, 0.717) is 36.4 Å². The minimum absolute atomic E-state index is 0.116. The van der Waals surface area contributed by atoms with Gasteiger partial charge in [-0.05, 0) is 80.5 Å². The van der Waals surface area contributed by atoms with Crippen LogP contribution in [0.1, 0.15) is 40.7 Å². The van der Waals surface area contributed by atoms with Crippen LogP contribution >= 0.6 is 0 Å². The summed E-state index contributed by atoms with van der Waals surface area (Å²) >= 11 is 0. The highest BCUT2D eigenvalue weighted by Crippen LogP contribution is 2.31. The first-order chi connectivity index (χ1) is 14.1. The number of carbonyl (C=O) groups is 1. The Morgan fingerprint density at radius 2 is 1.67 bits per heavy atom. The summed E-state index contributed by atoms with van der Waals surface area (Å²) < 4.78 is 41.5. The molecular weight excluding hydrogens is 403 g/mol. The number of amides is 1. The van der Waals surface area contributed by atoms with Crippen LogP contribution in [0.2, 0.25) is 0 Å². The molecular formula is C23H29FN2O3S. The van der Waals surface area contributed by atoms with Gasteiger partial charge in [0.2, 0.25) is 15.9 Å². The fourth-order valence-electron chi connectivity index (χ4n) is 4.04. The van der Waals surface area contributed by atoms with E-state index in [2.05, 4.69) is 5.32 Å². The number of sulfonamides is 1. The van der Waals surface area contributed by atoms with E-state index in [4.69, 9.17) is 0 Å². The van der Waals surface area contributed by atoms with Crippen LogP contribution in [0.25, 0.3) is 0 Å². The van der Waals surface area contributed by atoms with Crippen molar-refractivity contribution in [3.05, 3.63) is 64.0 Å². The second-order valence-electron chi connectivity index (χ2n) is 8.12. The third-order valence-electron chi connectivity index (χ3n) is 6.08. The lowest BCUT2D eigenvalue weighted by molar-refractivity contribution is -0.126. The highest BCUT2D eigenvalue weighted by atomic mass is 32.2. The van der Waals surface area contributed by atoms with E-state index in [1.54, 1.807) is 12.1 Å². The van der Waals surface area contributed by atoms with E-state index < -0.39 is 10.0 Å². The highest BCUT2D eigenvalue weighted by molar-refractivity contribution is 7.89. The number of aryl methyl sites for hydroxylation is 2. The molecule has 3 rings (SSSR count). The molecule has 1 N–H and O–H groups in total. The lowest BCUT2D eigenvalue weighted by atomic mass is 9.97. The predicted octanol–water partition coefficient (Wildman–Crippen LogP) is 3.78. The number of carbonyl (C=O) groups excluding carboxylic acids is 1. The maximum atomic E-state index is 13.3. The summed E-state index contributed by atoms with van der Waals surface area (Å²) in [5.41, 5.74) is 4.19. The first kappa shape index (κ1) is 22.4. The van der Waals surface area contributed by atoms with Gasteiger partial charge in [-0.3, -0.25) is 4.79 Å². The lowest BCUT2D eigenvalue weighted by Crippen LogP contribution is -2.43. The molecule has 5 nitrogen and oxygen atoms in total. The topological polar surface area (TPSA) is 66.5 Å². The molecule has 0 spiro atoms. The SMILES string of the molecule is Cc1cc(C)c(C)c(S(=O)(=O)N2CCC(C(=O)NCc3cccc(F)c3)CC2)c1C. The molecule has 30 heavy (non-hydrogen) atoms. The summed E-state index contributed by atoms with van der Waals surface area (Å²) in [6.45, 7) is 8.43. The van der Waals surface area contributed by atoms with Gasteiger partial charge >= 0.3 is 0 Å². The van der Waals surface area contributed by atoms with Gasteiger partial charge in [0.15, 0.2) is 0 Å². The Balaban J connectivity index is 1.66. The van der Waals surface area contributed by atoms with Gasteiger partial charge in [-0.15, -0.1) is 0 Å². The van der Waals surface area contributed by atoms with Gasteiger partial charge < -0.3 is 5.32 Å². The Bertz CT molecular complexity index is 1030. The van der Waals surface area contributed by atoms with Crippen LogP contribution in [0.5, 0.6) is 0 Å². The van der Waals surface area contributed by atoms with E-state index in [1.807, 2.05) is 33.8 Å². The standard InChI is InChI=1S/C23H29FN2O3S/c1-15-12-16(2)18(4)22(17(15)3)30(28,29)26-10-8-20(9-11-26)23(27)25-14-19-6-5-7-21(24)13-19/h5-7,12-13,20H,8-11,14H2,1-4H3,(H,25,27). The van der Waals surface area contributed by atoms with E-state index in [1.165, 1.54) is 16.4 Å². The third-order valence-corrected chi connectivity index (χ3v) is 8.25. The summed E-state index contributed by atoms with van der Waals surface area (Å²) in [7, 11) is -3.62. The zero-order valence-corrected chi connectivity index (χ0v) is 18.8. The summed E-state index contributed by atoms with van der Waals surface area (Å²) in [6.07, 6.45) is 0.939. The van der Waals surface area contributed by atoms with Crippen LogP contribution in [-0.4, -0.2) is 31.7 Å². The normalized spacial score (nSPS) is 15.9. The van der Waals surface area contributed by atoms with E-state index in [-0.39, 0.29) is 24.2 Å². The predicted molar refractivity (Wildman–Crippen MR) is 115 cm³/mol. The number of rotatable bonds is 5. The first-order valence-electron chi connectivity index (χ1n) is 10.2. The molecule has 0 radical (unpaired) electrons. The molecule has 0 atom stereocenters. The van der Waals surface area contributed by atoms with E-state index >= 15 is 0 Å². The molecule has 1 aliphatic rings. The Labute approximate surface area is 178 Å². The molecule has 0 unspecified atom stereocenters. The second kappa shape index (κ2) is 8.86. The Hall–Kier alpha value is -2.25. The quantitative estimate of drug-likeness (QED) is 0.782. The molecule has 1 fully saturated rings. The van der Waals surface area contributed by atoms with E-state index in [0.717, 1.165) is 22.3 Å². The molecule has 2 aromatic carbocycles. The van der Waals surface area contributed by atoms with Crippen molar-refractivity contribution in [1.29, 1.82) is 0 Å². The molecule has 0 aliphatic carbocycles. The number of halogens is 1. The fourth-order valence-corrected chi connectivity index (χ4v) is 6.08. The van der Waals surface area contributed by atoms with Crippen molar-refractivity contribution in [2.24, 2.45) is 5.92 Å². The number of benzene rings is 2. The van der Waals surface area contributed by atoms with Crippen molar-refractivity contribution in [2.75, 3.05) is 13.1 Å². The first-order valence-corrected chi connectivity index (χ1v) is 11.6. The maximum absolute atomic E-state index is 13.3. The van der Waals surface area contributed by atoms with Gasteiger partial charge in [-0.1, -0.05) is 18.2 Å². The van der Waals surface area contributed by atoms with Gasteiger partial charge in [0.1, 0.15) is 5.82 Å². The van der Waals surface area contributed by atoms with Crippen LogP contribution in [0.4, 0.5) is 4.39 Å². The molecule has 7 heteroatoms. The van der Waals surface area contributed by atoms with Crippen molar-refractivity contribution in [2.45, 2.75) is 52.0 Å².